The van der Waals surface area contributed by atoms with Gasteiger partial charge >= 0.3 is 0 Å². The SMILES string of the molecule is COc1ccc(CCNCC2CCC(NS(=O)(=O)C(C)C)CC2)cc1OC. The zero-order valence-corrected chi connectivity index (χ0v) is 17.8. The molecule has 0 bridgehead atoms. The van der Waals surface area contributed by atoms with Crippen LogP contribution < -0.4 is 19.5 Å². The normalized spacial score (nSPS) is 20.6. The lowest BCUT2D eigenvalue weighted by atomic mass is 9.86. The lowest BCUT2D eigenvalue weighted by Crippen LogP contribution is -2.42. The summed E-state index contributed by atoms with van der Waals surface area (Å²) >= 11 is 0. The summed E-state index contributed by atoms with van der Waals surface area (Å²) in [6.45, 7) is 5.33. The fraction of sp³-hybridized carbons (Fsp3) is 0.700. The van der Waals surface area contributed by atoms with E-state index < -0.39 is 10.0 Å². The molecule has 0 heterocycles. The van der Waals surface area contributed by atoms with Gasteiger partial charge in [0.05, 0.1) is 19.5 Å². The first-order valence-corrected chi connectivity index (χ1v) is 11.3. The van der Waals surface area contributed by atoms with Crippen LogP contribution in [0.15, 0.2) is 18.2 Å². The first kappa shape index (κ1) is 22.0. The highest BCUT2D eigenvalue weighted by molar-refractivity contribution is 7.90. The second-order valence-electron chi connectivity index (χ2n) is 7.57. The molecule has 0 saturated heterocycles. The number of nitrogens with one attached hydrogen (secondary N) is 2. The van der Waals surface area contributed by atoms with Crippen LogP contribution >= 0.6 is 0 Å². The van der Waals surface area contributed by atoms with Gasteiger partial charge in [-0.3, -0.25) is 0 Å². The van der Waals surface area contributed by atoms with Gasteiger partial charge < -0.3 is 14.8 Å². The highest BCUT2D eigenvalue weighted by Gasteiger charge is 2.26. The Labute approximate surface area is 164 Å². The van der Waals surface area contributed by atoms with E-state index in [9.17, 15) is 8.42 Å². The van der Waals surface area contributed by atoms with Gasteiger partial charge in [0.25, 0.3) is 0 Å². The van der Waals surface area contributed by atoms with Crippen LogP contribution in [0.3, 0.4) is 0 Å². The van der Waals surface area contributed by atoms with Crippen molar-refractivity contribution in [1.29, 1.82) is 0 Å². The van der Waals surface area contributed by atoms with Crippen molar-refractivity contribution in [3.63, 3.8) is 0 Å². The number of benzene rings is 1. The topological polar surface area (TPSA) is 76.7 Å². The van der Waals surface area contributed by atoms with Crippen LogP contribution in [0, 0.1) is 5.92 Å². The van der Waals surface area contributed by atoms with Crippen molar-refractivity contribution >= 4 is 10.0 Å². The lowest BCUT2D eigenvalue weighted by molar-refractivity contribution is 0.303. The van der Waals surface area contributed by atoms with Crippen LogP contribution in [0.4, 0.5) is 0 Å². The summed E-state index contributed by atoms with van der Waals surface area (Å²) in [7, 11) is 0.128. The van der Waals surface area contributed by atoms with E-state index in [4.69, 9.17) is 9.47 Å². The molecule has 0 aromatic heterocycles. The summed E-state index contributed by atoms with van der Waals surface area (Å²) in [5.41, 5.74) is 1.21. The molecule has 0 spiro atoms. The zero-order chi connectivity index (χ0) is 19.9. The lowest BCUT2D eigenvalue weighted by Gasteiger charge is -2.29. The predicted molar refractivity (Wildman–Crippen MR) is 109 cm³/mol. The molecule has 0 unspecified atom stereocenters. The molecule has 1 saturated carbocycles. The van der Waals surface area contributed by atoms with Gasteiger partial charge in [-0.05, 0) is 82.7 Å². The molecule has 6 nitrogen and oxygen atoms in total. The summed E-state index contributed by atoms with van der Waals surface area (Å²) in [6, 6.07) is 6.12. The van der Waals surface area contributed by atoms with Gasteiger partial charge in [0.15, 0.2) is 11.5 Å². The highest BCUT2D eigenvalue weighted by atomic mass is 32.2. The molecule has 0 amide bonds. The Morgan fingerprint density at radius 2 is 1.74 bits per heavy atom. The predicted octanol–water partition coefficient (Wildman–Crippen LogP) is 2.72. The van der Waals surface area contributed by atoms with Crippen LogP contribution in [-0.2, 0) is 16.4 Å². The van der Waals surface area contributed by atoms with Crippen LogP contribution in [0.5, 0.6) is 11.5 Å². The molecule has 0 atom stereocenters. The second kappa shape index (κ2) is 10.3. The van der Waals surface area contributed by atoms with E-state index in [2.05, 4.69) is 16.1 Å². The van der Waals surface area contributed by atoms with Gasteiger partial charge in [0, 0.05) is 6.04 Å². The molecule has 0 aliphatic heterocycles. The van der Waals surface area contributed by atoms with E-state index in [1.54, 1.807) is 28.1 Å². The van der Waals surface area contributed by atoms with E-state index in [1.165, 1.54) is 5.56 Å². The zero-order valence-electron chi connectivity index (χ0n) is 17.0. The smallest absolute Gasteiger partial charge is 0.214 e. The van der Waals surface area contributed by atoms with Gasteiger partial charge in [-0.15, -0.1) is 0 Å². The third-order valence-electron chi connectivity index (χ3n) is 5.27. The minimum Gasteiger partial charge on any atom is -0.493 e. The summed E-state index contributed by atoms with van der Waals surface area (Å²) in [4.78, 5) is 0. The van der Waals surface area contributed by atoms with Gasteiger partial charge in [-0.25, -0.2) is 13.1 Å². The van der Waals surface area contributed by atoms with Gasteiger partial charge in [0.2, 0.25) is 10.0 Å². The summed E-state index contributed by atoms with van der Waals surface area (Å²) in [6.07, 6.45) is 4.91. The maximum absolute atomic E-state index is 12.0. The average molecular weight is 399 g/mol. The van der Waals surface area contributed by atoms with E-state index in [1.807, 2.05) is 12.1 Å². The fourth-order valence-corrected chi connectivity index (χ4v) is 4.40. The molecule has 1 fully saturated rings. The second-order valence-corrected chi connectivity index (χ2v) is 9.84. The Kier molecular flexibility index (Phi) is 8.38. The van der Waals surface area contributed by atoms with E-state index in [0.717, 1.165) is 56.7 Å². The number of ether oxygens (including phenoxy) is 2. The largest absolute Gasteiger partial charge is 0.493 e. The Balaban J connectivity index is 1.68. The molecule has 0 radical (unpaired) electrons. The summed E-state index contributed by atoms with van der Waals surface area (Å²) < 4.78 is 37.4. The molecular formula is C20H34N2O4S. The molecule has 154 valence electrons. The van der Waals surface area contributed by atoms with Crippen molar-refractivity contribution < 1.29 is 17.9 Å². The Bertz CT molecular complexity index is 683. The molecule has 1 aromatic rings. The first-order chi connectivity index (χ1) is 12.9. The third kappa shape index (κ3) is 6.66. The maximum atomic E-state index is 12.0. The van der Waals surface area contributed by atoms with Crippen molar-refractivity contribution in [2.45, 2.75) is 57.2 Å². The molecular weight excluding hydrogens is 364 g/mol. The van der Waals surface area contributed by atoms with Crippen LogP contribution in [0.2, 0.25) is 0 Å². The number of sulfonamides is 1. The van der Waals surface area contributed by atoms with Crippen molar-refractivity contribution in [3.05, 3.63) is 23.8 Å². The van der Waals surface area contributed by atoms with Crippen molar-refractivity contribution in [2.75, 3.05) is 27.3 Å². The number of methoxy groups -OCH3 is 2. The molecule has 1 aliphatic rings. The highest BCUT2D eigenvalue weighted by Crippen LogP contribution is 2.28. The van der Waals surface area contributed by atoms with Crippen molar-refractivity contribution in [2.24, 2.45) is 5.92 Å². The van der Waals surface area contributed by atoms with Crippen molar-refractivity contribution in [3.8, 4) is 11.5 Å². The van der Waals surface area contributed by atoms with Gasteiger partial charge in [-0.2, -0.15) is 0 Å². The maximum Gasteiger partial charge on any atom is 0.214 e. The van der Waals surface area contributed by atoms with E-state index >= 15 is 0 Å². The molecule has 7 heteroatoms. The minimum atomic E-state index is -3.16. The summed E-state index contributed by atoms with van der Waals surface area (Å²) in [5.74, 6) is 2.13. The van der Waals surface area contributed by atoms with Gasteiger partial charge in [-0.1, -0.05) is 6.07 Å². The summed E-state index contributed by atoms with van der Waals surface area (Å²) in [5, 5.41) is 3.17. The molecule has 27 heavy (non-hydrogen) atoms. The molecule has 2 rings (SSSR count). The number of hydrogen-bond donors (Lipinski definition) is 2. The first-order valence-electron chi connectivity index (χ1n) is 9.78. The fourth-order valence-electron chi connectivity index (χ4n) is 3.43. The quantitative estimate of drug-likeness (QED) is 0.593. The number of rotatable bonds is 10. The Morgan fingerprint density at radius 3 is 2.33 bits per heavy atom. The monoisotopic (exact) mass is 398 g/mol. The van der Waals surface area contributed by atoms with Gasteiger partial charge in [0.1, 0.15) is 0 Å². The minimum absolute atomic E-state index is 0.0976. The Hall–Kier alpha value is -1.31. The number of hydrogen-bond acceptors (Lipinski definition) is 5. The average Bonchev–Trinajstić information content (AvgIpc) is 2.66. The standard InChI is InChI=1S/C20H34N2O4S/c1-15(2)27(23,24)22-18-8-5-17(6-9-18)14-21-12-11-16-7-10-19(25-3)20(13-16)26-4/h7,10,13,15,17-18,21-22H,5-6,8-9,11-12,14H2,1-4H3. The van der Waals surface area contributed by atoms with E-state index in [0.29, 0.717) is 5.92 Å². The van der Waals surface area contributed by atoms with Crippen LogP contribution in [0.25, 0.3) is 0 Å². The third-order valence-corrected chi connectivity index (χ3v) is 7.17. The van der Waals surface area contributed by atoms with Crippen LogP contribution in [-0.4, -0.2) is 47.0 Å². The Morgan fingerprint density at radius 1 is 1.07 bits per heavy atom. The van der Waals surface area contributed by atoms with Crippen molar-refractivity contribution in [1.82, 2.24) is 10.0 Å². The molecule has 2 N–H and O–H groups in total. The van der Waals surface area contributed by atoms with Crippen LogP contribution in [0.1, 0.15) is 45.1 Å². The van der Waals surface area contributed by atoms with E-state index in [-0.39, 0.29) is 11.3 Å². The molecule has 1 aromatic carbocycles. The molecule has 1 aliphatic carbocycles.